The van der Waals surface area contributed by atoms with Crippen LogP contribution in [0.1, 0.15) is 51.6 Å². The van der Waals surface area contributed by atoms with Crippen LogP contribution in [0.2, 0.25) is 0 Å². The molecular weight excluding hydrogens is 252 g/mol. The number of rotatable bonds is 8. The largest absolute Gasteiger partial charge is 0.376 e. The smallest absolute Gasteiger partial charge is 0.0964 e. The maximum absolute atomic E-state index is 5.96. The van der Waals surface area contributed by atoms with E-state index in [0.29, 0.717) is 6.10 Å². The third kappa shape index (κ3) is 5.21. The topological polar surface area (TPSA) is 52.0 Å². The minimum atomic E-state index is 0.452. The van der Waals surface area contributed by atoms with E-state index in [-0.39, 0.29) is 0 Å². The van der Waals surface area contributed by atoms with Gasteiger partial charge in [0.25, 0.3) is 0 Å². The van der Waals surface area contributed by atoms with Crippen molar-refractivity contribution in [1.29, 1.82) is 0 Å². The molecule has 1 fully saturated rings. The number of nitrogens with one attached hydrogen (secondary N) is 1. The number of ether oxygens (including phenoxy) is 1. The molecule has 2 atom stereocenters. The Bertz CT molecular complexity index is 380. The molecule has 0 spiro atoms. The highest BCUT2D eigenvalue weighted by atomic mass is 16.5. The van der Waals surface area contributed by atoms with Gasteiger partial charge in [0.1, 0.15) is 0 Å². The molecule has 0 radical (unpaired) electrons. The van der Waals surface area contributed by atoms with Gasteiger partial charge in [-0.15, -0.1) is 5.10 Å². The minimum absolute atomic E-state index is 0.452. The molecule has 0 aliphatic heterocycles. The van der Waals surface area contributed by atoms with Crippen LogP contribution >= 0.6 is 0 Å². The molecule has 1 N–H and O–H groups in total. The van der Waals surface area contributed by atoms with Crippen molar-refractivity contribution in [3.8, 4) is 0 Å². The first-order chi connectivity index (χ1) is 9.78. The van der Waals surface area contributed by atoms with Crippen LogP contribution in [0.5, 0.6) is 0 Å². The minimum Gasteiger partial charge on any atom is -0.376 e. The lowest BCUT2D eigenvalue weighted by Gasteiger charge is -2.26. The quantitative estimate of drug-likeness (QED) is 0.743. The molecule has 0 amide bonds. The SMILES string of the molecule is CCCNCc1cn(CCOC2CCCC(C)C2)nn1. The van der Waals surface area contributed by atoms with Gasteiger partial charge < -0.3 is 10.1 Å². The Morgan fingerprint density at radius 2 is 2.35 bits per heavy atom. The Morgan fingerprint density at radius 3 is 3.15 bits per heavy atom. The Morgan fingerprint density at radius 1 is 1.45 bits per heavy atom. The van der Waals surface area contributed by atoms with E-state index in [0.717, 1.165) is 44.3 Å². The van der Waals surface area contributed by atoms with Crippen LogP contribution in [0.15, 0.2) is 6.20 Å². The van der Waals surface area contributed by atoms with Gasteiger partial charge in [-0.2, -0.15) is 0 Å². The second kappa shape index (κ2) is 8.37. The first-order valence-corrected chi connectivity index (χ1v) is 7.99. The molecule has 0 saturated heterocycles. The third-order valence-electron chi connectivity index (χ3n) is 3.88. The Kier molecular flexibility index (Phi) is 6.47. The first kappa shape index (κ1) is 15.4. The second-order valence-electron chi connectivity index (χ2n) is 5.91. The molecule has 0 aromatic carbocycles. The highest BCUT2D eigenvalue weighted by Crippen LogP contribution is 2.25. The molecule has 2 rings (SSSR count). The number of hydrogen-bond donors (Lipinski definition) is 1. The van der Waals surface area contributed by atoms with E-state index < -0.39 is 0 Å². The second-order valence-corrected chi connectivity index (χ2v) is 5.91. The van der Waals surface area contributed by atoms with Gasteiger partial charge >= 0.3 is 0 Å². The molecule has 1 aliphatic carbocycles. The fourth-order valence-electron chi connectivity index (χ4n) is 2.76. The summed E-state index contributed by atoms with van der Waals surface area (Å²) in [6.07, 6.45) is 8.70. The summed E-state index contributed by atoms with van der Waals surface area (Å²) in [7, 11) is 0. The molecule has 1 aliphatic rings. The molecule has 5 heteroatoms. The molecule has 2 unspecified atom stereocenters. The predicted octanol–water partition coefficient (Wildman–Crippen LogP) is 2.37. The summed E-state index contributed by atoms with van der Waals surface area (Å²) in [6, 6.07) is 0. The van der Waals surface area contributed by atoms with Crippen molar-refractivity contribution >= 4 is 0 Å². The van der Waals surface area contributed by atoms with Crippen LogP contribution in [0.3, 0.4) is 0 Å². The van der Waals surface area contributed by atoms with Crippen LogP contribution in [0, 0.1) is 5.92 Å². The summed E-state index contributed by atoms with van der Waals surface area (Å²) in [5, 5.41) is 11.6. The van der Waals surface area contributed by atoms with Crippen LogP contribution in [0.25, 0.3) is 0 Å². The zero-order valence-corrected chi connectivity index (χ0v) is 12.8. The van der Waals surface area contributed by atoms with Crippen molar-refractivity contribution in [3.63, 3.8) is 0 Å². The van der Waals surface area contributed by atoms with Crippen molar-refractivity contribution in [2.24, 2.45) is 5.92 Å². The van der Waals surface area contributed by atoms with Gasteiger partial charge in [0.2, 0.25) is 0 Å². The fraction of sp³-hybridized carbons (Fsp3) is 0.867. The monoisotopic (exact) mass is 280 g/mol. The summed E-state index contributed by atoms with van der Waals surface area (Å²) >= 11 is 0. The van der Waals surface area contributed by atoms with Gasteiger partial charge in [-0.05, 0) is 31.7 Å². The van der Waals surface area contributed by atoms with E-state index in [1.54, 1.807) is 0 Å². The standard InChI is InChI=1S/C15H28N4O/c1-3-7-16-11-14-12-19(18-17-14)8-9-20-15-6-4-5-13(2)10-15/h12-13,15-16H,3-11H2,1-2H3. The summed E-state index contributed by atoms with van der Waals surface area (Å²) in [5.41, 5.74) is 1.00. The molecule has 1 saturated carbocycles. The van der Waals surface area contributed by atoms with E-state index >= 15 is 0 Å². The normalized spacial score (nSPS) is 23.1. The lowest BCUT2D eigenvalue weighted by molar-refractivity contribution is 0.0105. The van der Waals surface area contributed by atoms with Crippen molar-refractivity contribution in [3.05, 3.63) is 11.9 Å². The van der Waals surface area contributed by atoms with Gasteiger partial charge in [-0.3, -0.25) is 0 Å². The third-order valence-corrected chi connectivity index (χ3v) is 3.88. The van der Waals surface area contributed by atoms with Crippen molar-refractivity contribution in [2.45, 2.75) is 65.1 Å². The average molecular weight is 280 g/mol. The van der Waals surface area contributed by atoms with Crippen molar-refractivity contribution < 1.29 is 4.74 Å². The summed E-state index contributed by atoms with van der Waals surface area (Å²) in [4.78, 5) is 0. The highest BCUT2D eigenvalue weighted by molar-refractivity contribution is 4.91. The van der Waals surface area contributed by atoms with Crippen LogP contribution in [-0.4, -0.2) is 34.2 Å². The number of aromatic nitrogens is 3. The molecular formula is C15H28N4O. The van der Waals surface area contributed by atoms with Gasteiger partial charge in [-0.25, -0.2) is 4.68 Å². The summed E-state index contributed by atoms with van der Waals surface area (Å²) in [5.74, 6) is 0.816. The van der Waals surface area contributed by atoms with E-state index in [1.165, 1.54) is 25.7 Å². The Labute approximate surface area is 122 Å². The summed E-state index contributed by atoms with van der Waals surface area (Å²) < 4.78 is 7.84. The fourth-order valence-corrected chi connectivity index (χ4v) is 2.76. The molecule has 1 aromatic heterocycles. The summed E-state index contributed by atoms with van der Waals surface area (Å²) in [6.45, 7) is 7.84. The number of hydrogen-bond acceptors (Lipinski definition) is 4. The lowest BCUT2D eigenvalue weighted by Crippen LogP contribution is -2.23. The van der Waals surface area contributed by atoms with Crippen molar-refractivity contribution in [2.75, 3.05) is 13.2 Å². The first-order valence-electron chi connectivity index (χ1n) is 7.99. The van der Waals surface area contributed by atoms with E-state index in [9.17, 15) is 0 Å². The van der Waals surface area contributed by atoms with Gasteiger partial charge in [0.15, 0.2) is 0 Å². The van der Waals surface area contributed by atoms with Crippen LogP contribution in [0.4, 0.5) is 0 Å². The maximum Gasteiger partial charge on any atom is 0.0964 e. The predicted molar refractivity (Wildman–Crippen MR) is 79.4 cm³/mol. The van der Waals surface area contributed by atoms with Crippen molar-refractivity contribution in [1.82, 2.24) is 20.3 Å². The lowest BCUT2D eigenvalue weighted by atomic mass is 9.89. The molecule has 0 bridgehead atoms. The van der Waals surface area contributed by atoms with Gasteiger partial charge in [-0.1, -0.05) is 31.9 Å². The molecule has 20 heavy (non-hydrogen) atoms. The highest BCUT2D eigenvalue weighted by Gasteiger charge is 2.18. The van der Waals surface area contributed by atoms with E-state index in [2.05, 4.69) is 29.5 Å². The van der Waals surface area contributed by atoms with E-state index in [4.69, 9.17) is 4.74 Å². The van der Waals surface area contributed by atoms with Crippen LogP contribution in [-0.2, 0) is 17.8 Å². The van der Waals surface area contributed by atoms with Gasteiger partial charge in [0, 0.05) is 12.7 Å². The Balaban J connectivity index is 1.63. The van der Waals surface area contributed by atoms with E-state index in [1.807, 2.05) is 10.9 Å². The molecule has 1 heterocycles. The Hall–Kier alpha value is -0.940. The zero-order chi connectivity index (χ0) is 14.2. The molecule has 1 aromatic rings. The van der Waals surface area contributed by atoms with Crippen LogP contribution < -0.4 is 5.32 Å². The average Bonchev–Trinajstić information content (AvgIpc) is 2.87. The number of nitrogens with zero attached hydrogens (tertiary/aromatic N) is 3. The van der Waals surface area contributed by atoms with Gasteiger partial charge in [0.05, 0.1) is 24.9 Å². The molecule has 114 valence electrons. The zero-order valence-electron chi connectivity index (χ0n) is 12.8. The molecule has 5 nitrogen and oxygen atoms in total. The maximum atomic E-state index is 5.96.